The monoisotopic (exact) mass is 352 g/mol. The Morgan fingerprint density at radius 3 is 2.58 bits per heavy atom. The van der Waals surface area contributed by atoms with Crippen LogP contribution in [0, 0.1) is 11.7 Å². The maximum absolute atomic E-state index is 13.1. The van der Waals surface area contributed by atoms with E-state index in [9.17, 15) is 9.18 Å². The van der Waals surface area contributed by atoms with Gasteiger partial charge in [0.15, 0.2) is 0 Å². The maximum Gasteiger partial charge on any atom is 0.251 e. The average molecular weight is 354 g/mol. The van der Waals surface area contributed by atoms with Crippen LogP contribution >= 0.6 is 28.3 Å². The minimum atomic E-state index is -0.385. The highest BCUT2D eigenvalue weighted by Gasteiger charge is 2.14. The Morgan fingerprint density at radius 1 is 1.47 bits per heavy atom. The molecule has 0 radical (unpaired) electrons. The van der Waals surface area contributed by atoms with E-state index < -0.39 is 0 Å². The average Bonchev–Trinajstić information content (AvgIpc) is 2.31. The zero-order chi connectivity index (χ0) is 13.7. The molecule has 1 atom stereocenters. The van der Waals surface area contributed by atoms with E-state index in [0.29, 0.717) is 18.0 Å². The van der Waals surface area contributed by atoms with Crippen molar-refractivity contribution in [3.05, 3.63) is 34.1 Å². The van der Waals surface area contributed by atoms with Crippen LogP contribution in [0.5, 0.6) is 0 Å². The Labute approximate surface area is 127 Å². The lowest BCUT2D eigenvalue weighted by Crippen LogP contribution is -2.41. The summed E-state index contributed by atoms with van der Waals surface area (Å²) in [6.07, 6.45) is 0.824. The van der Waals surface area contributed by atoms with Crippen molar-refractivity contribution in [1.29, 1.82) is 0 Å². The van der Waals surface area contributed by atoms with E-state index >= 15 is 0 Å². The van der Waals surface area contributed by atoms with Gasteiger partial charge in [-0.25, -0.2) is 4.39 Å². The van der Waals surface area contributed by atoms with E-state index in [1.165, 1.54) is 18.2 Å². The van der Waals surface area contributed by atoms with Crippen molar-refractivity contribution in [3.8, 4) is 0 Å². The van der Waals surface area contributed by atoms with Gasteiger partial charge in [-0.2, -0.15) is 0 Å². The predicted octanol–water partition coefficient (Wildman–Crippen LogP) is 3.11. The minimum absolute atomic E-state index is 0. The van der Waals surface area contributed by atoms with Gasteiger partial charge >= 0.3 is 0 Å². The number of halogens is 3. The van der Waals surface area contributed by atoms with Gasteiger partial charge in [-0.3, -0.25) is 4.79 Å². The summed E-state index contributed by atoms with van der Waals surface area (Å²) in [5, 5.41) is 2.85. The first-order valence-corrected chi connectivity index (χ1v) is 6.69. The first kappa shape index (κ1) is 18.4. The summed E-state index contributed by atoms with van der Waals surface area (Å²) in [7, 11) is 0. The maximum atomic E-state index is 13.1. The van der Waals surface area contributed by atoms with Crippen molar-refractivity contribution in [2.45, 2.75) is 26.3 Å². The Balaban J connectivity index is 0.00000324. The number of rotatable bonds is 5. The Hall–Kier alpha value is -0.650. The molecule has 1 amide bonds. The highest BCUT2D eigenvalue weighted by atomic mass is 79.9. The van der Waals surface area contributed by atoms with Gasteiger partial charge < -0.3 is 11.1 Å². The molecule has 0 spiro atoms. The van der Waals surface area contributed by atoms with Gasteiger partial charge in [-0.05, 0) is 46.5 Å². The molecule has 19 heavy (non-hydrogen) atoms. The van der Waals surface area contributed by atoms with Gasteiger partial charge in [0.05, 0.1) is 4.47 Å². The number of hydrogen-bond donors (Lipinski definition) is 2. The lowest BCUT2D eigenvalue weighted by Gasteiger charge is -2.18. The molecule has 3 N–H and O–H groups in total. The van der Waals surface area contributed by atoms with Crippen molar-refractivity contribution in [1.82, 2.24) is 5.32 Å². The molecule has 0 aliphatic heterocycles. The smallest absolute Gasteiger partial charge is 0.251 e. The number of hydrogen-bond acceptors (Lipinski definition) is 2. The third-order valence-corrected chi connectivity index (χ3v) is 3.17. The van der Waals surface area contributed by atoms with Crippen molar-refractivity contribution in [3.63, 3.8) is 0 Å². The van der Waals surface area contributed by atoms with Crippen molar-refractivity contribution >= 4 is 34.2 Å². The topological polar surface area (TPSA) is 55.1 Å². The van der Waals surface area contributed by atoms with Gasteiger partial charge in [0, 0.05) is 18.2 Å². The Bertz CT molecular complexity index is 429. The molecule has 3 nitrogen and oxygen atoms in total. The van der Waals surface area contributed by atoms with E-state index in [2.05, 4.69) is 35.1 Å². The number of benzene rings is 1. The summed E-state index contributed by atoms with van der Waals surface area (Å²) < 4.78 is 13.3. The van der Waals surface area contributed by atoms with Gasteiger partial charge in [0.1, 0.15) is 5.82 Å². The molecule has 0 fully saturated rings. The third-order valence-electron chi connectivity index (χ3n) is 2.56. The predicted molar refractivity (Wildman–Crippen MR) is 81.1 cm³/mol. The molecular formula is C13H19BrClFN2O. The van der Waals surface area contributed by atoms with Crippen LogP contribution in [-0.2, 0) is 0 Å². The molecule has 0 aliphatic carbocycles. The fourth-order valence-corrected chi connectivity index (χ4v) is 2.07. The number of carbonyl (C=O) groups is 1. The molecule has 1 rings (SSSR count). The van der Waals surface area contributed by atoms with Gasteiger partial charge in [-0.15, -0.1) is 12.4 Å². The summed E-state index contributed by atoms with van der Waals surface area (Å²) in [5.41, 5.74) is 6.04. The fourth-order valence-electron chi connectivity index (χ4n) is 1.69. The van der Waals surface area contributed by atoms with Crippen LogP contribution in [0.1, 0.15) is 30.6 Å². The van der Waals surface area contributed by atoms with Crippen molar-refractivity contribution < 1.29 is 9.18 Å². The second kappa shape index (κ2) is 8.51. The van der Waals surface area contributed by atoms with E-state index in [4.69, 9.17) is 5.73 Å². The summed E-state index contributed by atoms with van der Waals surface area (Å²) in [5.74, 6) is -0.158. The molecule has 0 aliphatic rings. The SMILES string of the molecule is CC(C)CC(CN)NC(=O)c1ccc(F)c(Br)c1.Cl. The normalized spacial score (nSPS) is 11.9. The quantitative estimate of drug-likeness (QED) is 0.854. The van der Waals surface area contributed by atoms with E-state index in [0.717, 1.165) is 6.42 Å². The second-order valence-electron chi connectivity index (χ2n) is 4.66. The molecule has 6 heteroatoms. The standard InChI is InChI=1S/C13H18BrFN2O.ClH/c1-8(2)5-10(7-16)17-13(18)9-3-4-12(15)11(14)6-9;/h3-4,6,8,10H,5,7,16H2,1-2H3,(H,17,18);1H. The molecule has 0 aromatic heterocycles. The van der Waals surface area contributed by atoms with Crippen LogP contribution in [0.25, 0.3) is 0 Å². The zero-order valence-corrected chi connectivity index (χ0v) is 13.4. The molecule has 1 aromatic carbocycles. The molecule has 108 valence electrons. The van der Waals surface area contributed by atoms with Gasteiger partial charge in [0.2, 0.25) is 0 Å². The highest BCUT2D eigenvalue weighted by Crippen LogP contribution is 2.17. The molecule has 0 saturated heterocycles. The third kappa shape index (κ3) is 5.89. The lowest BCUT2D eigenvalue weighted by molar-refractivity contribution is 0.0933. The first-order chi connectivity index (χ1) is 8.43. The molecule has 0 heterocycles. The van der Waals surface area contributed by atoms with Crippen LogP contribution in [0.3, 0.4) is 0 Å². The van der Waals surface area contributed by atoms with Gasteiger partial charge in [0.25, 0.3) is 5.91 Å². The molecule has 1 unspecified atom stereocenters. The number of amides is 1. The van der Waals surface area contributed by atoms with Crippen molar-refractivity contribution in [2.24, 2.45) is 11.7 Å². The van der Waals surface area contributed by atoms with E-state index in [1.54, 1.807) is 0 Å². The van der Waals surface area contributed by atoms with Crippen LogP contribution in [0.4, 0.5) is 4.39 Å². The zero-order valence-electron chi connectivity index (χ0n) is 11.0. The van der Waals surface area contributed by atoms with Crippen molar-refractivity contribution in [2.75, 3.05) is 6.54 Å². The van der Waals surface area contributed by atoms with Gasteiger partial charge in [-0.1, -0.05) is 13.8 Å². The van der Waals surface area contributed by atoms with Crippen LogP contribution in [0.15, 0.2) is 22.7 Å². The van der Waals surface area contributed by atoms with Crippen LogP contribution in [0.2, 0.25) is 0 Å². The first-order valence-electron chi connectivity index (χ1n) is 5.90. The summed E-state index contributed by atoms with van der Waals surface area (Å²) in [4.78, 5) is 11.9. The van der Waals surface area contributed by atoms with Crippen LogP contribution in [-0.4, -0.2) is 18.5 Å². The number of nitrogens with two attached hydrogens (primary N) is 1. The fraction of sp³-hybridized carbons (Fsp3) is 0.462. The number of nitrogens with one attached hydrogen (secondary N) is 1. The Kier molecular flexibility index (Phi) is 8.22. The van der Waals surface area contributed by atoms with E-state index in [1.807, 2.05) is 0 Å². The minimum Gasteiger partial charge on any atom is -0.348 e. The molecule has 0 saturated carbocycles. The number of carbonyl (C=O) groups excluding carboxylic acids is 1. The summed E-state index contributed by atoms with van der Waals surface area (Å²) >= 11 is 3.06. The summed E-state index contributed by atoms with van der Waals surface area (Å²) in [6.45, 7) is 4.54. The molecule has 0 bridgehead atoms. The molecular weight excluding hydrogens is 335 g/mol. The highest BCUT2D eigenvalue weighted by molar-refractivity contribution is 9.10. The molecule has 1 aromatic rings. The van der Waals surface area contributed by atoms with Crippen LogP contribution < -0.4 is 11.1 Å². The summed E-state index contributed by atoms with van der Waals surface area (Å²) in [6, 6.07) is 4.13. The largest absolute Gasteiger partial charge is 0.348 e. The van der Waals surface area contributed by atoms with E-state index in [-0.39, 0.29) is 34.6 Å². The lowest BCUT2D eigenvalue weighted by atomic mass is 10.0. The Morgan fingerprint density at radius 2 is 2.11 bits per heavy atom. The second-order valence-corrected chi connectivity index (χ2v) is 5.52.